The maximum absolute atomic E-state index is 4.30. The summed E-state index contributed by atoms with van der Waals surface area (Å²) >= 11 is 2.31. The molecule has 0 spiro atoms. The largest absolute Gasteiger partial charge is 0.369 e. The molecule has 0 aromatic carbocycles. The lowest BCUT2D eigenvalue weighted by Crippen LogP contribution is -2.08. The molecule has 1 N–H and O–H groups in total. The number of hydrogen-bond acceptors (Lipinski definition) is 2. The van der Waals surface area contributed by atoms with Crippen LogP contribution >= 0.6 is 22.6 Å². The monoisotopic (exact) mass is 302 g/mol. The zero-order valence-electron chi connectivity index (χ0n) is 8.39. The molecule has 0 aliphatic heterocycles. The quantitative estimate of drug-likeness (QED) is 0.863. The minimum absolute atomic E-state index is 0.632. The Kier molecular flexibility index (Phi) is 2.95. The third-order valence-electron chi connectivity index (χ3n) is 2.88. The minimum atomic E-state index is 0.632. The number of halogens is 1. The predicted octanol–water partition coefficient (Wildman–Crippen LogP) is 3.29. The second-order valence-corrected chi connectivity index (χ2v) is 5.48. The highest BCUT2D eigenvalue weighted by atomic mass is 127. The molecule has 1 heterocycles. The highest BCUT2D eigenvalue weighted by Crippen LogP contribution is 2.47. The molecule has 0 radical (unpaired) electrons. The summed E-state index contributed by atoms with van der Waals surface area (Å²) in [7, 11) is 0. The average molecular weight is 302 g/mol. The second-order valence-electron chi connectivity index (χ2n) is 4.32. The maximum Gasteiger partial charge on any atom is 0.139 e. The number of aromatic nitrogens is 1. The molecule has 0 unspecified atom stereocenters. The third kappa shape index (κ3) is 2.59. The van der Waals surface area contributed by atoms with E-state index < -0.39 is 0 Å². The first-order chi connectivity index (χ1) is 6.70. The Bertz CT molecular complexity index is 321. The lowest BCUT2D eigenvalue weighted by Gasteiger charge is -2.10. The van der Waals surface area contributed by atoms with Crippen LogP contribution < -0.4 is 5.32 Å². The van der Waals surface area contributed by atoms with Gasteiger partial charge in [0.25, 0.3) is 0 Å². The van der Waals surface area contributed by atoms with E-state index in [1.807, 2.05) is 12.3 Å². The Morgan fingerprint density at radius 3 is 3.00 bits per heavy atom. The first-order valence-electron chi connectivity index (χ1n) is 5.04. The van der Waals surface area contributed by atoms with Crippen molar-refractivity contribution >= 4 is 28.4 Å². The van der Waals surface area contributed by atoms with Gasteiger partial charge in [-0.15, -0.1) is 0 Å². The molecule has 2 rings (SSSR count). The zero-order chi connectivity index (χ0) is 10.0. The average Bonchev–Trinajstić information content (AvgIpc) is 2.88. The Morgan fingerprint density at radius 2 is 2.36 bits per heavy atom. The molecule has 2 nitrogen and oxygen atoms in total. The number of pyridine rings is 1. The lowest BCUT2D eigenvalue weighted by atomic mass is 10.1. The van der Waals surface area contributed by atoms with Gasteiger partial charge in [0.05, 0.1) is 3.57 Å². The number of nitrogens with zero attached hydrogens (tertiary/aromatic N) is 1. The van der Waals surface area contributed by atoms with E-state index in [1.165, 1.54) is 22.8 Å². The van der Waals surface area contributed by atoms with E-state index in [-0.39, 0.29) is 0 Å². The van der Waals surface area contributed by atoms with Gasteiger partial charge < -0.3 is 5.32 Å². The molecule has 0 saturated heterocycles. The van der Waals surface area contributed by atoms with Gasteiger partial charge in [0, 0.05) is 12.7 Å². The molecule has 0 amide bonds. The summed E-state index contributed by atoms with van der Waals surface area (Å²) < 4.78 is 1.20. The van der Waals surface area contributed by atoms with Crippen molar-refractivity contribution in [2.75, 3.05) is 11.9 Å². The van der Waals surface area contributed by atoms with Crippen LogP contribution in [0, 0.1) is 8.99 Å². The molecule has 0 atom stereocenters. The van der Waals surface area contributed by atoms with Crippen LogP contribution in [0.3, 0.4) is 0 Å². The third-order valence-corrected chi connectivity index (χ3v) is 3.75. The van der Waals surface area contributed by atoms with Crippen molar-refractivity contribution in [2.24, 2.45) is 5.41 Å². The SMILES string of the molecule is CC1(CCNc2ncccc2I)CC1. The Hall–Kier alpha value is -0.320. The van der Waals surface area contributed by atoms with Crippen LogP contribution in [0.25, 0.3) is 0 Å². The molecule has 0 bridgehead atoms. The van der Waals surface area contributed by atoms with E-state index >= 15 is 0 Å². The van der Waals surface area contributed by atoms with Crippen molar-refractivity contribution in [2.45, 2.75) is 26.2 Å². The fraction of sp³-hybridized carbons (Fsp3) is 0.545. The van der Waals surface area contributed by atoms with Gasteiger partial charge in [0.1, 0.15) is 5.82 Å². The molecular weight excluding hydrogens is 287 g/mol. The molecule has 1 aromatic rings. The smallest absolute Gasteiger partial charge is 0.139 e. The Balaban J connectivity index is 1.83. The fourth-order valence-electron chi connectivity index (χ4n) is 1.46. The van der Waals surface area contributed by atoms with Crippen molar-refractivity contribution in [3.05, 3.63) is 21.9 Å². The molecular formula is C11H15IN2. The van der Waals surface area contributed by atoms with Crippen LogP contribution in [-0.4, -0.2) is 11.5 Å². The van der Waals surface area contributed by atoms with Crippen LogP contribution in [0.5, 0.6) is 0 Å². The molecule has 1 saturated carbocycles. The Morgan fingerprint density at radius 1 is 1.57 bits per heavy atom. The van der Waals surface area contributed by atoms with E-state index in [4.69, 9.17) is 0 Å². The summed E-state index contributed by atoms with van der Waals surface area (Å²) in [4.78, 5) is 4.30. The molecule has 76 valence electrons. The second kappa shape index (κ2) is 4.04. The fourth-order valence-corrected chi connectivity index (χ4v) is 2.00. The summed E-state index contributed by atoms with van der Waals surface area (Å²) in [6.45, 7) is 3.40. The van der Waals surface area contributed by atoms with Gasteiger partial charge in [-0.3, -0.25) is 0 Å². The van der Waals surface area contributed by atoms with E-state index in [0.717, 1.165) is 12.4 Å². The number of hydrogen-bond donors (Lipinski definition) is 1. The molecule has 1 aliphatic rings. The standard InChI is InChI=1S/C11H15IN2/c1-11(4-5-11)6-8-14-10-9(12)3-2-7-13-10/h2-3,7H,4-6,8H2,1H3,(H,13,14). The van der Waals surface area contributed by atoms with Gasteiger partial charge in [-0.2, -0.15) is 0 Å². The highest BCUT2D eigenvalue weighted by Gasteiger charge is 2.36. The number of rotatable bonds is 4. The van der Waals surface area contributed by atoms with E-state index in [9.17, 15) is 0 Å². The van der Waals surface area contributed by atoms with Crippen LogP contribution in [0.4, 0.5) is 5.82 Å². The first kappa shape index (κ1) is 10.2. The van der Waals surface area contributed by atoms with Crippen molar-refractivity contribution in [3.63, 3.8) is 0 Å². The van der Waals surface area contributed by atoms with Crippen molar-refractivity contribution in [1.82, 2.24) is 4.98 Å². The van der Waals surface area contributed by atoms with Crippen molar-refractivity contribution < 1.29 is 0 Å². The molecule has 14 heavy (non-hydrogen) atoms. The van der Waals surface area contributed by atoms with Gasteiger partial charge in [-0.25, -0.2) is 4.98 Å². The summed E-state index contributed by atoms with van der Waals surface area (Å²) in [6.07, 6.45) is 5.89. The Labute approximate surface area is 98.6 Å². The zero-order valence-corrected chi connectivity index (χ0v) is 10.5. The van der Waals surface area contributed by atoms with Crippen LogP contribution in [0.1, 0.15) is 26.2 Å². The predicted molar refractivity (Wildman–Crippen MR) is 67.4 cm³/mol. The van der Waals surface area contributed by atoms with Crippen molar-refractivity contribution in [1.29, 1.82) is 0 Å². The van der Waals surface area contributed by atoms with Gasteiger partial charge in [-0.05, 0) is 59.4 Å². The molecule has 3 heteroatoms. The van der Waals surface area contributed by atoms with E-state index in [2.05, 4.69) is 45.9 Å². The normalized spacial score (nSPS) is 17.9. The summed E-state index contributed by atoms with van der Waals surface area (Å²) in [5.74, 6) is 1.03. The van der Waals surface area contributed by atoms with Gasteiger partial charge >= 0.3 is 0 Å². The van der Waals surface area contributed by atoms with Crippen LogP contribution in [-0.2, 0) is 0 Å². The first-order valence-corrected chi connectivity index (χ1v) is 6.12. The molecule has 1 fully saturated rings. The minimum Gasteiger partial charge on any atom is -0.369 e. The number of anilines is 1. The molecule has 1 aromatic heterocycles. The van der Waals surface area contributed by atoms with Crippen LogP contribution in [0.15, 0.2) is 18.3 Å². The summed E-state index contributed by atoms with van der Waals surface area (Å²) in [5.41, 5.74) is 0.632. The van der Waals surface area contributed by atoms with Gasteiger partial charge in [0.2, 0.25) is 0 Å². The lowest BCUT2D eigenvalue weighted by molar-refractivity contribution is 0.536. The van der Waals surface area contributed by atoms with Crippen molar-refractivity contribution in [3.8, 4) is 0 Å². The van der Waals surface area contributed by atoms with E-state index in [1.54, 1.807) is 0 Å². The summed E-state index contributed by atoms with van der Waals surface area (Å²) in [5, 5.41) is 3.39. The van der Waals surface area contributed by atoms with E-state index in [0.29, 0.717) is 5.41 Å². The van der Waals surface area contributed by atoms with Crippen LogP contribution in [0.2, 0.25) is 0 Å². The van der Waals surface area contributed by atoms with Gasteiger partial charge in [-0.1, -0.05) is 6.92 Å². The highest BCUT2D eigenvalue weighted by molar-refractivity contribution is 14.1. The molecule has 1 aliphatic carbocycles. The number of nitrogens with one attached hydrogen (secondary N) is 1. The topological polar surface area (TPSA) is 24.9 Å². The maximum atomic E-state index is 4.30. The summed E-state index contributed by atoms with van der Waals surface area (Å²) in [6, 6.07) is 4.05. The van der Waals surface area contributed by atoms with Gasteiger partial charge in [0.15, 0.2) is 0 Å².